The molecule has 13 rings (SSSR count). The molecule has 0 amide bonds. The summed E-state index contributed by atoms with van der Waals surface area (Å²) < 4.78 is 5.29. The molecular weight excluding hydrogens is 837 g/mol. The van der Waals surface area contributed by atoms with E-state index < -0.39 is 0 Å². The molecule has 0 spiro atoms. The first-order valence-electron chi connectivity index (χ1n) is 22.5. The molecule has 9 aromatic carbocycles. The first-order chi connectivity index (χ1) is 32.6. The molecule has 4 heteroatoms. The molecule has 13 aromatic rings. The number of hydrogen-bond donors (Lipinski definition) is 0. The summed E-state index contributed by atoms with van der Waals surface area (Å²) in [6.07, 6.45) is 0. The second-order valence-electron chi connectivity index (χ2n) is 17.2. The van der Waals surface area contributed by atoms with Crippen molar-refractivity contribution >= 4 is 84.8 Å². The van der Waals surface area contributed by atoms with Gasteiger partial charge in [0, 0.05) is 79.2 Å². The summed E-state index contributed by atoms with van der Waals surface area (Å²) in [6, 6.07) is 75.3. The summed E-state index contributed by atoms with van der Waals surface area (Å²) in [7, 11) is 0. The Kier molecular flexibility index (Phi) is 9.06. The molecular formula is C62H40N2S2. The zero-order valence-corrected chi connectivity index (χ0v) is 38.0. The fraction of sp³-hybridized carbons (Fsp3) is 0.0323. The number of nitrogens with zero attached hydrogens (tertiary/aromatic N) is 2. The van der Waals surface area contributed by atoms with Gasteiger partial charge in [-0.05, 0) is 88.2 Å². The molecule has 4 aromatic heterocycles. The van der Waals surface area contributed by atoms with Crippen molar-refractivity contribution in [3.05, 3.63) is 218 Å². The van der Waals surface area contributed by atoms with Crippen LogP contribution in [0.2, 0.25) is 0 Å². The van der Waals surface area contributed by atoms with E-state index in [1.54, 1.807) is 0 Å². The molecule has 0 saturated carbocycles. The minimum Gasteiger partial charge on any atom is -0.250 e. The molecule has 0 unspecified atom stereocenters. The second-order valence-corrected chi connectivity index (χ2v) is 19.3. The number of thiophene rings is 2. The summed E-state index contributed by atoms with van der Waals surface area (Å²) in [5, 5.41) is 7.44. The fourth-order valence-corrected chi connectivity index (χ4v) is 12.7. The van der Waals surface area contributed by atoms with Gasteiger partial charge in [0.15, 0.2) is 0 Å². The predicted molar refractivity (Wildman–Crippen MR) is 285 cm³/mol. The molecule has 0 aliphatic carbocycles. The van der Waals surface area contributed by atoms with Crippen LogP contribution in [0, 0.1) is 13.8 Å². The van der Waals surface area contributed by atoms with E-state index in [9.17, 15) is 0 Å². The van der Waals surface area contributed by atoms with Crippen molar-refractivity contribution in [3.8, 4) is 66.8 Å². The molecule has 0 fully saturated rings. The van der Waals surface area contributed by atoms with E-state index in [4.69, 9.17) is 9.97 Å². The zero-order chi connectivity index (χ0) is 43.9. The molecule has 0 aliphatic rings. The summed E-state index contributed by atoms with van der Waals surface area (Å²) in [5.74, 6) is 0. The van der Waals surface area contributed by atoms with Gasteiger partial charge in [-0.3, -0.25) is 9.97 Å². The maximum absolute atomic E-state index is 5.52. The van der Waals surface area contributed by atoms with E-state index >= 15 is 0 Å². The van der Waals surface area contributed by atoms with Crippen molar-refractivity contribution < 1.29 is 0 Å². The Morgan fingerprint density at radius 1 is 0.288 bits per heavy atom. The molecule has 66 heavy (non-hydrogen) atoms. The quantitative estimate of drug-likeness (QED) is 0.156. The average molecular weight is 877 g/mol. The lowest BCUT2D eigenvalue weighted by atomic mass is 9.87. The number of aryl methyl sites for hydroxylation is 2. The topological polar surface area (TPSA) is 25.8 Å². The smallest absolute Gasteiger partial charge is 0.0975 e. The Balaban J connectivity index is 0.977. The van der Waals surface area contributed by atoms with Gasteiger partial charge in [-0.15, -0.1) is 22.7 Å². The van der Waals surface area contributed by atoms with Gasteiger partial charge >= 0.3 is 0 Å². The van der Waals surface area contributed by atoms with Crippen molar-refractivity contribution in [2.75, 3.05) is 0 Å². The van der Waals surface area contributed by atoms with Gasteiger partial charge in [0.2, 0.25) is 0 Å². The van der Waals surface area contributed by atoms with Crippen LogP contribution in [-0.4, -0.2) is 9.97 Å². The van der Waals surface area contributed by atoms with Crippen LogP contribution in [0.3, 0.4) is 0 Å². The fourth-order valence-electron chi connectivity index (χ4n) is 10.3. The van der Waals surface area contributed by atoms with Crippen LogP contribution in [-0.2, 0) is 0 Å². The summed E-state index contributed by atoms with van der Waals surface area (Å²) in [4.78, 5) is 11.0. The van der Waals surface area contributed by atoms with Gasteiger partial charge in [-0.1, -0.05) is 182 Å². The van der Waals surface area contributed by atoms with Crippen LogP contribution in [0.5, 0.6) is 0 Å². The Labute approximate surface area is 390 Å². The van der Waals surface area contributed by atoms with Gasteiger partial charge in [0.05, 0.1) is 11.0 Å². The molecule has 0 atom stereocenters. The van der Waals surface area contributed by atoms with E-state index in [1.165, 1.54) is 68.2 Å². The lowest BCUT2D eigenvalue weighted by molar-refractivity contribution is 1.23. The van der Waals surface area contributed by atoms with Crippen LogP contribution in [0.15, 0.2) is 206 Å². The second kappa shape index (κ2) is 15.5. The Hall–Kier alpha value is -7.76. The number of benzene rings is 9. The lowest BCUT2D eigenvalue weighted by Gasteiger charge is -2.20. The third-order valence-corrected chi connectivity index (χ3v) is 15.8. The van der Waals surface area contributed by atoms with Gasteiger partial charge < -0.3 is 0 Å². The van der Waals surface area contributed by atoms with Crippen LogP contribution in [0.4, 0.5) is 0 Å². The summed E-state index contributed by atoms with van der Waals surface area (Å²) >= 11 is 3.75. The van der Waals surface area contributed by atoms with Crippen molar-refractivity contribution in [1.82, 2.24) is 9.97 Å². The highest BCUT2D eigenvalue weighted by molar-refractivity contribution is 7.26. The number of hydrogen-bond acceptors (Lipinski definition) is 4. The van der Waals surface area contributed by atoms with Gasteiger partial charge in [0.1, 0.15) is 0 Å². The minimum absolute atomic E-state index is 0.916. The van der Waals surface area contributed by atoms with Gasteiger partial charge in [-0.2, -0.15) is 0 Å². The van der Waals surface area contributed by atoms with E-state index in [-0.39, 0.29) is 0 Å². The van der Waals surface area contributed by atoms with Crippen LogP contribution in [0.25, 0.3) is 129 Å². The summed E-state index contributed by atoms with van der Waals surface area (Å²) in [5.41, 5.74) is 17.9. The maximum atomic E-state index is 5.52. The van der Waals surface area contributed by atoms with Crippen LogP contribution >= 0.6 is 22.7 Å². The van der Waals surface area contributed by atoms with Gasteiger partial charge in [0.25, 0.3) is 0 Å². The van der Waals surface area contributed by atoms with Crippen LogP contribution in [0.1, 0.15) is 11.4 Å². The number of aromatic nitrogens is 2. The highest BCUT2D eigenvalue weighted by Crippen LogP contribution is 2.47. The Morgan fingerprint density at radius 2 is 0.697 bits per heavy atom. The average Bonchev–Trinajstić information content (AvgIpc) is 3.95. The Morgan fingerprint density at radius 3 is 1.27 bits per heavy atom. The maximum Gasteiger partial charge on any atom is 0.0975 e. The zero-order valence-electron chi connectivity index (χ0n) is 36.3. The Bertz CT molecular complexity index is 4030. The molecule has 0 bridgehead atoms. The number of pyridine rings is 2. The molecule has 0 radical (unpaired) electrons. The van der Waals surface area contributed by atoms with Crippen LogP contribution < -0.4 is 0 Å². The standard InChI is InChI=1S/C62H40N2S2/c1-37-51(42-29-27-40(28-30-42)45-21-13-23-49-47-19-9-11-25-55(47)65-61(45)49)35-53-52(39-15-5-3-6-16-39)36-54-58(43-17-7-4-8-18-43)57(38(2)64-60(54)59(53)63-37)44-33-31-41(32-34-44)46-22-14-24-50-48-20-10-12-26-56(48)66-62(46)50/h3-36H,1-2H3. The van der Waals surface area contributed by atoms with Crippen molar-refractivity contribution in [1.29, 1.82) is 0 Å². The SMILES string of the molecule is Cc1nc2c(cc1-c1ccc(-c3cccc4c3sc3ccccc34)cc1)c(-c1ccccc1)cc1c(-c3ccccc3)c(-c3ccc(-c4cccc5c4sc4ccccc45)cc3)c(C)nc12. The molecule has 2 nitrogen and oxygen atoms in total. The molecule has 0 aliphatic heterocycles. The number of rotatable bonds is 6. The third kappa shape index (κ3) is 6.21. The van der Waals surface area contributed by atoms with Gasteiger partial charge in [-0.25, -0.2) is 0 Å². The monoisotopic (exact) mass is 876 g/mol. The van der Waals surface area contributed by atoms with Crippen molar-refractivity contribution in [2.45, 2.75) is 13.8 Å². The molecule has 4 heterocycles. The largest absolute Gasteiger partial charge is 0.250 e. The van der Waals surface area contributed by atoms with Crippen molar-refractivity contribution in [2.24, 2.45) is 0 Å². The van der Waals surface area contributed by atoms with Crippen molar-refractivity contribution in [3.63, 3.8) is 0 Å². The molecule has 0 saturated heterocycles. The normalized spacial score (nSPS) is 11.8. The minimum atomic E-state index is 0.916. The molecule has 0 N–H and O–H groups in total. The van der Waals surface area contributed by atoms with E-state index in [2.05, 4.69) is 220 Å². The predicted octanol–water partition coefficient (Wildman–Crippen LogP) is 18.1. The lowest BCUT2D eigenvalue weighted by Crippen LogP contribution is -2.00. The van der Waals surface area contributed by atoms with E-state index in [1.807, 2.05) is 22.7 Å². The highest BCUT2D eigenvalue weighted by atomic mass is 32.1. The summed E-state index contributed by atoms with van der Waals surface area (Å²) in [6.45, 7) is 4.30. The third-order valence-electron chi connectivity index (χ3n) is 13.4. The first-order valence-corrected chi connectivity index (χ1v) is 24.1. The number of fused-ring (bicyclic) bond motifs is 9. The molecule has 310 valence electrons. The van der Waals surface area contributed by atoms with E-state index in [0.29, 0.717) is 0 Å². The first kappa shape index (κ1) is 38.7. The highest BCUT2D eigenvalue weighted by Gasteiger charge is 2.22. The van der Waals surface area contributed by atoms with E-state index in [0.717, 1.165) is 72.1 Å².